The first-order valence-corrected chi connectivity index (χ1v) is 4.95. The lowest BCUT2D eigenvalue weighted by Gasteiger charge is -2.00. The molecule has 0 unspecified atom stereocenters. The second kappa shape index (κ2) is 3.46. The first kappa shape index (κ1) is 9.28. The van der Waals surface area contributed by atoms with Crippen LogP contribution in [0, 0.1) is 13.8 Å². The van der Waals surface area contributed by atoms with Crippen molar-refractivity contribution in [2.45, 2.75) is 20.4 Å². The predicted molar refractivity (Wildman–Crippen MR) is 60.5 cm³/mol. The van der Waals surface area contributed by atoms with Crippen LogP contribution in [0.2, 0.25) is 0 Å². The molecule has 1 aromatic heterocycles. The molecule has 1 heterocycles. The van der Waals surface area contributed by atoms with Crippen LogP contribution in [0.3, 0.4) is 0 Å². The molecule has 1 aromatic carbocycles. The van der Waals surface area contributed by atoms with E-state index in [9.17, 15) is 0 Å². The third-order valence-corrected chi connectivity index (χ3v) is 2.63. The van der Waals surface area contributed by atoms with Crippen molar-refractivity contribution in [2.75, 3.05) is 7.05 Å². The number of aryl methyl sites for hydroxylation is 2. The predicted octanol–water partition coefficient (Wildman–Crippen LogP) is 2.50. The number of nitrogens with one attached hydrogen (secondary N) is 2. The zero-order valence-electron chi connectivity index (χ0n) is 8.94. The Labute approximate surface area is 84.3 Å². The molecule has 0 aliphatic rings. The standard InChI is InChI=1S/C12H16N2/c1-8-4-5-12-10(6-8)11(7-13-3)9(2)14-12/h4-6,13-14H,7H2,1-3H3. The lowest BCUT2D eigenvalue weighted by atomic mass is 10.1. The highest BCUT2D eigenvalue weighted by molar-refractivity contribution is 5.85. The van der Waals surface area contributed by atoms with Gasteiger partial charge in [-0.25, -0.2) is 0 Å². The molecule has 0 aliphatic carbocycles. The number of aromatic amines is 1. The first-order chi connectivity index (χ1) is 6.72. The van der Waals surface area contributed by atoms with Gasteiger partial charge < -0.3 is 10.3 Å². The molecule has 0 spiro atoms. The van der Waals surface area contributed by atoms with E-state index in [2.05, 4.69) is 42.3 Å². The number of rotatable bonds is 2. The highest BCUT2D eigenvalue weighted by atomic mass is 14.8. The van der Waals surface area contributed by atoms with Gasteiger partial charge in [0.15, 0.2) is 0 Å². The van der Waals surface area contributed by atoms with Gasteiger partial charge in [0.05, 0.1) is 0 Å². The van der Waals surface area contributed by atoms with Crippen molar-refractivity contribution in [3.8, 4) is 0 Å². The fourth-order valence-corrected chi connectivity index (χ4v) is 1.90. The van der Waals surface area contributed by atoms with Gasteiger partial charge in [0.2, 0.25) is 0 Å². The van der Waals surface area contributed by atoms with Crippen LogP contribution in [0.1, 0.15) is 16.8 Å². The quantitative estimate of drug-likeness (QED) is 0.744. The van der Waals surface area contributed by atoms with Crippen LogP contribution in [-0.4, -0.2) is 12.0 Å². The maximum atomic E-state index is 3.40. The van der Waals surface area contributed by atoms with E-state index in [4.69, 9.17) is 0 Å². The second-order valence-corrected chi connectivity index (χ2v) is 3.81. The van der Waals surface area contributed by atoms with Crippen LogP contribution >= 0.6 is 0 Å². The molecule has 0 fully saturated rings. The van der Waals surface area contributed by atoms with Gasteiger partial charge in [-0.2, -0.15) is 0 Å². The summed E-state index contributed by atoms with van der Waals surface area (Å²) in [6, 6.07) is 6.53. The molecule has 0 saturated carbocycles. The third-order valence-electron chi connectivity index (χ3n) is 2.63. The molecule has 0 atom stereocenters. The summed E-state index contributed by atoms with van der Waals surface area (Å²) >= 11 is 0. The van der Waals surface area contributed by atoms with Gasteiger partial charge in [-0.1, -0.05) is 11.6 Å². The van der Waals surface area contributed by atoms with Crippen molar-refractivity contribution < 1.29 is 0 Å². The molecule has 0 saturated heterocycles. The normalized spacial score (nSPS) is 11.1. The van der Waals surface area contributed by atoms with E-state index >= 15 is 0 Å². The Bertz CT molecular complexity index is 455. The highest BCUT2D eigenvalue weighted by Gasteiger charge is 2.06. The summed E-state index contributed by atoms with van der Waals surface area (Å²) in [6.45, 7) is 5.18. The number of fused-ring (bicyclic) bond motifs is 1. The zero-order chi connectivity index (χ0) is 10.1. The molecule has 0 bridgehead atoms. The lowest BCUT2D eigenvalue weighted by Crippen LogP contribution is -2.05. The smallest absolute Gasteiger partial charge is 0.0459 e. The Morgan fingerprint density at radius 2 is 2.07 bits per heavy atom. The second-order valence-electron chi connectivity index (χ2n) is 3.81. The van der Waals surface area contributed by atoms with Crippen molar-refractivity contribution >= 4 is 10.9 Å². The van der Waals surface area contributed by atoms with Crippen LogP contribution < -0.4 is 5.32 Å². The third kappa shape index (κ3) is 1.42. The molecule has 2 rings (SSSR count). The maximum absolute atomic E-state index is 3.40. The van der Waals surface area contributed by atoms with Crippen LogP contribution in [0.15, 0.2) is 18.2 Å². The van der Waals surface area contributed by atoms with Gasteiger partial charge in [-0.3, -0.25) is 0 Å². The Morgan fingerprint density at radius 1 is 1.29 bits per heavy atom. The summed E-state index contributed by atoms with van der Waals surface area (Å²) in [5.41, 5.74) is 5.19. The summed E-state index contributed by atoms with van der Waals surface area (Å²) in [4.78, 5) is 3.40. The molecule has 2 heteroatoms. The Kier molecular flexibility index (Phi) is 2.30. The van der Waals surface area contributed by atoms with Crippen molar-refractivity contribution in [2.24, 2.45) is 0 Å². The molecular weight excluding hydrogens is 172 g/mol. The van der Waals surface area contributed by atoms with Crippen molar-refractivity contribution in [1.29, 1.82) is 0 Å². The van der Waals surface area contributed by atoms with Gasteiger partial charge in [-0.05, 0) is 38.6 Å². The van der Waals surface area contributed by atoms with E-state index in [1.807, 2.05) is 7.05 Å². The van der Waals surface area contributed by atoms with Crippen molar-refractivity contribution in [3.05, 3.63) is 35.0 Å². The van der Waals surface area contributed by atoms with Crippen LogP contribution in [0.4, 0.5) is 0 Å². The van der Waals surface area contributed by atoms with Gasteiger partial charge in [0.25, 0.3) is 0 Å². The Balaban J connectivity index is 2.66. The summed E-state index contributed by atoms with van der Waals surface area (Å²) < 4.78 is 0. The monoisotopic (exact) mass is 188 g/mol. The molecule has 14 heavy (non-hydrogen) atoms. The first-order valence-electron chi connectivity index (χ1n) is 4.95. The van der Waals surface area contributed by atoms with Crippen molar-refractivity contribution in [3.63, 3.8) is 0 Å². The molecule has 0 radical (unpaired) electrons. The minimum absolute atomic E-state index is 0.926. The van der Waals surface area contributed by atoms with E-state index in [0.29, 0.717) is 0 Å². The molecule has 0 amide bonds. The van der Waals surface area contributed by atoms with E-state index in [-0.39, 0.29) is 0 Å². The maximum Gasteiger partial charge on any atom is 0.0459 e. The van der Waals surface area contributed by atoms with Gasteiger partial charge in [0, 0.05) is 23.1 Å². The fraction of sp³-hybridized carbons (Fsp3) is 0.333. The molecule has 2 N–H and O–H groups in total. The van der Waals surface area contributed by atoms with E-state index < -0.39 is 0 Å². The minimum Gasteiger partial charge on any atom is -0.358 e. The fourth-order valence-electron chi connectivity index (χ4n) is 1.90. The average Bonchev–Trinajstić information content (AvgIpc) is 2.45. The minimum atomic E-state index is 0.926. The number of H-pyrrole nitrogens is 1. The SMILES string of the molecule is CNCc1c(C)[nH]c2ccc(C)cc12. The summed E-state index contributed by atoms with van der Waals surface area (Å²) in [5.74, 6) is 0. The van der Waals surface area contributed by atoms with Gasteiger partial charge in [-0.15, -0.1) is 0 Å². The Morgan fingerprint density at radius 3 is 2.79 bits per heavy atom. The molecular formula is C12H16N2. The van der Waals surface area contributed by atoms with Crippen molar-refractivity contribution in [1.82, 2.24) is 10.3 Å². The topological polar surface area (TPSA) is 27.8 Å². The van der Waals surface area contributed by atoms with Gasteiger partial charge in [0.1, 0.15) is 0 Å². The molecule has 74 valence electrons. The highest BCUT2D eigenvalue weighted by Crippen LogP contribution is 2.22. The zero-order valence-corrected chi connectivity index (χ0v) is 8.94. The van der Waals surface area contributed by atoms with Crippen LogP contribution in [-0.2, 0) is 6.54 Å². The molecule has 0 aliphatic heterocycles. The number of aromatic nitrogens is 1. The van der Waals surface area contributed by atoms with E-state index in [1.54, 1.807) is 0 Å². The Hall–Kier alpha value is -1.28. The van der Waals surface area contributed by atoms with E-state index in [0.717, 1.165) is 6.54 Å². The van der Waals surface area contributed by atoms with Crippen LogP contribution in [0.25, 0.3) is 10.9 Å². The summed E-state index contributed by atoms with van der Waals surface area (Å²) in [7, 11) is 1.98. The average molecular weight is 188 g/mol. The van der Waals surface area contributed by atoms with E-state index in [1.165, 1.54) is 27.7 Å². The van der Waals surface area contributed by atoms with Gasteiger partial charge >= 0.3 is 0 Å². The largest absolute Gasteiger partial charge is 0.358 e. The summed E-state index contributed by atoms with van der Waals surface area (Å²) in [6.07, 6.45) is 0. The van der Waals surface area contributed by atoms with Crippen LogP contribution in [0.5, 0.6) is 0 Å². The molecule has 2 aromatic rings. The number of hydrogen-bond donors (Lipinski definition) is 2. The number of hydrogen-bond acceptors (Lipinski definition) is 1. The lowest BCUT2D eigenvalue weighted by molar-refractivity contribution is 0.817. The summed E-state index contributed by atoms with van der Waals surface area (Å²) in [5, 5.41) is 4.55. The number of benzene rings is 1. The molecule has 2 nitrogen and oxygen atoms in total.